The van der Waals surface area contributed by atoms with Gasteiger partial charge in [-0.05, 0) is 46.2 Å². The highest BCUT2D eigenvalue weighted by molar-refractivity contribution is 9.10. The lowest BCUT2D eigenvalue weighted by atomic mass is 10.2. The van der Waals surface area contributed by atoms with Crippen LogP contribution < -0.4 is 5.32 Å². The summed E-state index contributed by atoms with van der Waals surface area (Å²) in [7, 11) is 0. The number of hydrogen-bond donors (Lipinski definition) is 2. The molecule has 3 nitrogen and oxygen atoms in total. The van der Waals surface area contributed by atoms with Gasteiger partial charge in [-0.25, -0.2) is 0 Å². The Balaban J connectivity index is 1.83. The van der Waals surface area contributed by atoms with Crippen LogP contribution in [0.15, 0.2) is 51.6 Å². The number of rotatable bonds is 5. The summed E-state index contributed by atoms with van der Waals surface area (Å²) < 4.78 is 0.966. The summed E-state index contributed by atoms with van der Waals surface area (Å²) in [4.78, 5) is 11.7. The Morgan fingerprint density at radius 2 is 2.30 bits per heavy atom. The fourth-order valence-electron chi connectivity index (χ4n) is 1.62. The van der Waals surface area contributed by atoms with Crippen LogP contribution in [-0.4, -0.2) is 17.6 Å². The molecule has 2 aromatic rings. The van der Waals surface area contributed by atoms with Crippen molar-refractivity contribution < 1.29 is 9.90 Å². The van der Waals surface area contributed by atoms with Gasteiger partial charge in [0.1, 0.15) is 0 Å². The highest BCUT2D eigenvalue weighted by Gasteiger charge is 2.08. The number of carbonyl (C=O) groups excluding carboxylic acids is 1. The molecule has 1 unspecified atom stereocenters. The molecule has 0 bridgehead atoms. The maximum Gasteiger partial charge on any atom is 0.244 e. The monoisotopic (exact) mass is 351 g/mol. The van der Waals surface area contributed by atoms with Gasteiger partial charge in [-0.3, -0.25) is 4.79 Å². The molecule has 104 valence electrons. The van der Waals surface area contributed by atoms with E-state index in [0.29, 0.717) is 0 Å². The minimum absolute atomic E-state index is 0.207. The minimum atomic E-state index is -0.663. The van der Waals surface area contributed by atoms with Crippen molar-refractivity contribution in [3.05, 3.63) is 62.8 Å². The molecule has 0 fully saturated rings. The number of amides is 1. The lowest BCUT2D eigenvalue weighted by Gasteiger charge is -2.08. The van der Waals surface area contributed by atoms with E-state index in [1.54, 1.807) is 6.08 Å². The maximum absolute atomic E-state index is 11.7. The zero-order chi connectivity index (χ0) is 14.4. The topological polar surface area (TPSA) is 49.3 Å². The van der Waals surface area contributed by atoms with Crippen molar-refractivity contribution >= 4 is 39.2 Å². The second-order valence-corrected chi connectivity index (χ2v) is 5.90. The van der Waals surface area contributed by atoms with Crippen molar-refractivity contribution in [2.24, 2.45) is 0 Å². The first-order valence-electron chi connectivity index (χ1n) is 6.07. The van der Waals surface area contributed by atoms with Crippen LogP contribution in [0.2, 0.25) is 0 Å². The molecule has 0 aliphatic heterocycles. The van der Waals surface area contributed by atoms with Gasteiger partial charge < -0.3 is 10.4 Å². The molecule has 1 atom stereocenters. The van der Waals surface area contributed by atoms with E-state index < -0.39 is 6.10 Å². The molecule has 2 N–H and O–H groups in total. The maximum atomic E-state index is 11.7. The van der Waals surface area contributed by atoms with E-state index in [4.69, 9.17) is 0 Å². The van der Waals surface area contributed by atoms with Gasteiger partial charge in [0.2, 0.25) is 5.91 Å². The summed E-state index contributed by atoms with van der Waals surface area (Å²) in [5, 5.41) is 16.3. The Morgan fingerprint density at radius 1 is 1.45 bits per heavy atom. The lowest BCUT2D eigenvalue weighted by molar-refractivity contribution is -0.116. The molecule has 0 saturated carbocycles. The standard InChI is InChI=1S/C15H14BrNO2S/c16-13-3-1-2-11(8-13)4-5-15(19)17-9-14(18)12-6-7-20-10-12/h1-8,10,14,18H,9H2,(H,17,19)/b5-4+. The van der Waals surface area contributed by atoms with Gasteiger partial charge in [0, 0.05) is 17.1 Å². The SMILES string of the molecule is O=C(/C=C/c1cccc(Br)c1)NCC(O)c1ccsc1. The molecule has 0 aliphatic rings. The van der Waals surface area contributed by atoms with E-state index in [9.17, 15) is 9.90 Å². The molecular weight excluding hydrogens is 338 g/mol. The van der Waals surface area contributed by atoms with Crippen molar-refractivity contribution in [2.75, 3.05) is 6.54 Å². The van der Waals surface area contributed by atoms with Crippen LogP contribution in [0.5, 0.6) is 0 Å². The lowest BCUT2D eigenvalue weighted by Crippen LogP contribution is -2.26. The molecule has 1 aromatic carbocycles. The average Bonchev–Trinajstić information content (AvgIpc) is 2.97. The van der Waals surface area contributed by atoms with E-state index >= 15 is 0 Å². The zero-order valence-corrected chi connectivity index (χ0v) is 13.0. The van der Waals surface area contributed by atoms with Crippen LogP contribution in [0.1, 0.15) is 17.2 Å². The first-order valence-corrected chi connectivity index (χ1v) is 7.80. The van der Waals surface area contributed by atoms with Gasteiger partial charge in [-0.2, -0.15) is 11.3 Å². The van der Waals surface area contributed by atoms with E-state index in [1.165, 1.54) is 17.4 Å². The predicted molar refractivity (Wildman–Crippen MR) is 85.5 cm³/mol. The third-order valence-corrected chi connectivity index (χ3v) is 3.87. The van der Waals surface area contributed by atoms with Gasteiger partial charge >= 0.3 is 0 Å². The number of thiophene rings is 1. The molecule has 20 heavy (non-hydrogen) atoms. The number of aliphatic hydroxyl groups excluding tert-OH is 1. The van der Waals surface area contributed by atoms with Crippen LogP contribution in [0.4, 0.5) is 0 Å². The highest BCUT2D eigenvalue weighted by atomic mass is 79.9. The molecule has 1 aromatic heterocycles. The van der Waals surface area contributed by atoms with Crippen LogP contribution >= 0.6 is 27.3 Å². The number of benzene rings is 1. The van der Waals surface area contributed by atoms with E-state index in [0.717, 1.165) is 15.6 Å². The Kier molecular flexibility index (Phi) is 5.52. The molecule has 0 aliphatic carbocycles. The molecule has 5 heteroatoms. The van der Waals surface area contributed by atoms with E-state index in [1.807, 2.05) is 41.1 Å². The summed E-state index contributed by atoms with van der Waals surface area (Å²) in [6.45, 7) is 0.207. The summed E-state index contributed by atoms with van der Waals surface area (Å²) in [6, 6.07) is 9.51. The van der Waals surface area contributed by atoms with Crippen molar-refractivity contribution in [1.82, 2.24) is 5.32 Å². The number of halogens is 1. The zero-order valence-electron chi connectivity index (χ0n) is 10.6. The van der Waals surface area contributed by atoms with Crippen molar-refractivity contribution in [2.45, 2.75) is 6.10 Å². The minimum Gasteiger partial charge on any atom is -0.387 e. The van der Waals surface area contributed by atoms with E-state index in [-0.39, 0.29) is 12.5 Å². The number of hydrogen-bond acceptors (Lipinski definition) is 3. The average molecular weight is 352 g/mol. The number of aliphatic hydroxyl groups is 1. The smallest absolute Gasteiger partial charge is 0.244 e. The normalized spacial score (nSPS) is 12.5. The summed E-state index contributed by atoms with van der Waals surface area (Å²) >= 11 is 4.89. The van der Waals surface area contributed by atoms with Crippen molar-refractivity contribution in [1.29, 1.82) is 0 Å². The van der Waals surface area contributed by atoms with Gasteiger partial charge in [0.05, 0.1) is 6.10 Å². The second kappa shape index (κ2) is 7.38. The van der Waals surface area contributed by atoms with Crippen LogP contribution in [0, 0.1) is 0 Å². The molecule has 2 rings (SSSR count). The van der Waals surface area contributed by atoms with Crippen LogP contribution in [-0.2, 0) is 4.79 Å². The Bertz CT molecular complexity index is 596. The second-order valence-electron chi connectivity index (χ2n) is 4.21. The number of carbonyl (C=O) groups is 1. The van der Waals surface area contributed by atoms with Gasteiger partial charge in [-0.1, -0.05) is 28.1 Å². The van der Waals surface area contributed by atoms with Crippen LogP contribution in [0.3, 0.4) is 0 Å². The molecule has 1 amide bonds. The molecule has 0 radical (unpaired) electrons. The van der Waals surface area contributed by atoms with Crippen molar-refractivity contribution in [3.8, 4) is 0 Å². The Labute approximate surface area is 130 Å². The summed E-state index contributed by atoms with van der Waals surface area (Å²) in [5.41, 5.74) is 1.76. The summed E-state index contributed by atoms with van der Waals surface area (Å²) in [5.74, 6) is -0.223. The summed E-state index contributed by atoms with van der Waals surface area (Å²) in [6.07, 6.45) is 2.53. The Hall–Kier alpha value is -1.43. The van der Waals surface area contributed by atoms with Crippen LogP contribution in [0.25, 0.3) is 6.08 Å². The fraction of sp³-hybridized carbons (Fsp3) is 0.133. The van der Waals surface area contributed by atoms with E-state index in [2.05, 4.69) is 21.2 Å². The fourth-order valence-corrected chi connectivity index (χ4v) is 2.74. The Morgan fingerprint density at radius 3 is 3.00 bits per heavy atom. The van der Waals surface area contributed by atoms with Gasteiger partial charge in [0.25, 0.3) is 0 Å². The molecular formula is C15H14BrNO2S. The quantitative estimate of drug-likeness (QED) is 0.811. The van der Waals surface area contributed by atoms with Gasteiger partial charge in [0.15, 0.2) is 0 Å². The highest BCUT2D eigenvalue weighted by Crippen LogP contribution is 2.15. The third kappa shape index (κ3) is 4.59. The third-order valence-electron chi connectivity index (χ3n) is 2.67. The number of nitrogens with one attached hydrogen (secondary N) is 1. The largest absolute Gasteiger partial charge is 0.387 e. The van der Waals surface area contributed by atoms with Gasteiger partial charge in [-0.15, -0.1) is 0 Å². The molecule has 1 heterocycles. The van der Waals surface area contributed by atoms with Crippen molar-refractivity contribution in [3.63, 3.8) is 0 Å². The first-order chi connectivity index (χ1) is 9.65. The molecule has 0 spiro atoms. The molecule has 0 saturated heterocycles. The predicted octanol–water partition coefficient (Wildman–Crippen LogP) is 3.37. The first kappa shape index (κ1) is 15.0.